The summed E-state index contributed by atoms with van der Waals surface area (Å²) in [5.41, 5.74) is 13.8. The molecule has 0 saturated heterocycles. The Balaban J connectivity index is 1.67. The second-order valence-electron chi connectivity index (χ2n) is 6.68. The molecule has 6 N–H and O–H groups in total. The van der Waals surface area contributed by atoms with E-state index in [4.69, 9.17) is 11.5 Å². The zero-order valence-corrected chi connectivity index (χ0v) is 14.6. The van der Waals surface area contributed by atoms with Crippen molar-refractivity contribution in [3.05, 3.63) is 36.7 Å². The Bertz CT molecular complexity index is 666. The normalized spacial score (nSPS) is 20.2. The lowest BCUT2D eigenvalue weighted by Gasteiger charge is -2.27. The molecular weight excluding hydrogens is 312 g/mol. The Morgan fingerprint density at radius 3 is 2.28 bits per heavy atom. The van der Waals surface area contributed by atoms with Crippen LogP contribution in [0.2, 0.25) is 0 Å². The van der Waals surface area contributed by atoms with Crippen LogP contribution in [0.1, 0.15) is 32.1 Å². The molecule has 0 amide bonds. The third-order valence-electron chi connectivity index (χ3n) is 4.66. The lowest BCUT2D eigenvalue weighted by molar-refractivity contribution is 0.410. The lowest BCUT2D eigenvalue weighted by atomic mass is 9.92. The number of rotatable bonds is 7. The first-order chi connectivity index (χ1) is 12.2. The summed E-state index contributed by atoms with van der Waals surface area (Å²) in [6.45, 7) is 1.51. The molecule has 6 nitrogen and oxygen atoms in total. The number of pyridine rings is 2. The number of nitrogens with zero attached hydrogens (tertiary/aromatic N) is 2. The molecule has 3 rings (SSSR count). The summed E-state index contributed by atoms with van der Waals surface area (Å²) in [7, 11) is 0. The Morgan fingerprint density at radius 2 is 1.60 bits per heavy atom. The standard InChI is InChI=1S/C19H28N6/c20-8-1-9-22-18-12-14(6-10-23-18)15-7-11-24-19(13-15)25-17-4-2-16(21)3-5-17/h6-7,10-13,16-17H,1-5,8-9,20-21H2,(H,22,23)(H,24,25). The van der Waals surface area contributed by atoms with Crippen molar-refractivity contribution in [1.29, 1.82) is 0 Å². The van der Waals surface area contributed by atoms with Crippen LogP contribution in [0.15, 0.2) is 36.7 Å². The van der Waals surface area contributed by atoms with Gasteiger partial charge in [-0.2, -0.15) is 0 Å². The van der Waals surface area contributed by atoms with Crippen LogP contribution in [0.25, 0.3) is 11.1 Å². The van der Waals surface area contributed by atoms with Gasteiger partial charge in [0.05, 0.1) is 0 Å². The van der Waals surface area contributed by atoms with E-state index in [0.29, 0.717) is 18.6 Å². The third kappa shape index (κ3) is 5.14. The maximum absolute atomic E-state index is 5.99. The zero-order chi connectivity index (χ0) is 17.5. The van der Waals surface area contributed by atoms with Crippen molar-refractivity contribution in [2.75, 3.05) is 23.7 Å². The average molecular weight is 340 g/mol. The van der Waals surface area contributed by atoms with E-state index in [1.165, 1.54) is 0 Å². The largest absolute Gasteiger partial charge is 0.370 e. The van der Waals surface area contributed by atoms with Crippen molar-refractivity contribution >= 4 is 11.6 Å². The molecule has 6 heteroatoms. The highest BCUT2D eigenvalue weighted by atomic mass is 15.0. The topological polar surface area (TPSA) is 102 Å². The van der Waals surface area contributed by atoms with Gasteiger partial charge in [0.15, 0.2) is 0 Å². The quantitative estimate of drug-likeness (QED) is 0.578. The lowest BCUT2D eigenvalue weighted by Crippen LogP contribution is -2.32. The molecule has 2 aromatic rings. The van der Waals surface area contributed by atoms with Crippen LogP contribution < -0.4 is 22.1 Å². The molecule has 1 aliphatic carbocycles. The van der Waals surface area contributed by atoms with Gasteiger partial charge in [0.2, 0.25) is 0 Å². The Kier molecular flexibility index (Phi) is 6.19. The van der Waals surface area contributed by atoms with Crippen LogP contribution in [0.5, 0.6) is 0 Å². The second-order valence-corrected chi connectivity index (χ2v) is 6.68. The third-order valence-corrected chi connectivity index (χ3v) is 4.66. The molecule has 2 aromatic heterocycles. The van der Waals surface area contributed by atoms with Crippen LogP contribution in [-0.2, 0) is 0 Å². The Labute approximate surface area is 149 Å². The highest BCUT2D eigenvalue weighted by Gasteiger charge is 2.18. The molecule has 1 aliphatic rings. The van der Waals surface area contributed by atoms with Crippen LogP contribution in [0.3, 0.4) is 0 Å². The molecule has 0 bridgehead atoms. The van der Waals surface area contributed by atoms with Crippen molar-refractivity contribution < 1.29 is 0 Å². The highest BCUT2D eigenvalue weighted by molar-refractivity contribution is 5.68. The van der Waals surface area contributed by atoms with E-state index < -0.39 is 0 Å². The molecule has 2 heterocycles. The predicted molar refractivity (Wildman–Crippen MR) is 103 cm³/mol. The maximum atomic E-state index is 5.99. The van der Waals surface area contributed by atoms with Crippen molar-refractivity contribution in [2.24, 2.45) is 11.5 Å². The maximum Gasteiger partial charge on any atom is 0.126 e. The SMILES string of the molecule is NCCCNc1cc(-c2ccnc(NC3CCC(N)CC3)c2)ccn1. The molecular formula is C19H28N6. The predicted octanol–water partition coefficient (Wildman–Crippen LogP) is 2.59. The summed E-state index contributed by atoms with van der Waals surface area (Å²) in [6, 6.07) is 9.05. The van der Waals surface area contributed by atoms with Gasteiger partial charge in [-0.25, -0.2) is 9.97 Å². The second kappa shape index (κ2) is 8.78. The van der Waals surface area contributed by atoms with E-state index in [9.17, 15) is 0 Å². The number of hydrogen-bond acceptors (Lipinski definition) is 6. The monoisotopic (exact) mass is 340 g/mol. The van der Waals surface area contributed by atoms with Gasteiger partial charge in [-0.15, -0.1) is 0 Å². The molecule has 0 unspecified atom stereocenters. The fraction of sp³-hybridized carbons (Fsp3) is 0.474. The summed E-state index contributed by atoms with van der Waals surface area (Å²) in [5, 5.41) is 6.86. The number of nitrogens with two attached hydrogens (primary N) is 2. The van der Waals surface area contributed by atoms with E-state index in [1.54, 1.807) is 0 Å². The van der Waals surface area contributed by atoms with Gasteiger partial charge in [0, 0.05) is 31.0 Å². The van der Waals surface area contributed by atoms with Gasteiger partial charge in [-0.05, 0) is 74.0 Å². The van der Waals surface area contributed by atoms with E-state index in [2.05, 4.69) is 32.7 Å². The number of aromatic nitrogens is 2. The number of nitrogens with one attached hydrogen (secondary N) is 2. The van der Waals surface area contributed by atoms with Gasteiger partial charge in [0.1, 0.15) is 11.6 Å². The highest BCUT2D eigenvalue weighted by Crippen LogP contribution is 2.25. The Hall–Kier alpha value is -2.18. The minimum absolute atomic E-state index is 0.361. The first-order valence-corrected chi connectivity index (χ1v) is 9.13. The number of hydrogen-bond donors (Lipinski definition) is 4. The zero-order valence-electron chi connectivity index (χ0n) is 14.6. The van der Waals surface area contributed by atoms with E-state index in [0.717, 1.165) is 61.4 Å². The van der Waals surface area contributed by atoms with Gasteiger partial charge in [0.25, 0.3) is 0 Å². The van der Waals surface area contributed by atoms with Crippen molar-refractivity contribution in [2.45, 2.75) is 44.2 Å². The molecule has 1 saturated carbocycles. The summed E-state index contributed by atoms with van der Waals surface area (Å²) < 4.78 is 0. The van der Waals surface area contributed by atoms with Crippen LogP contribution in [0, 0.1) is 0 Å². The van der Waals surface area contributed by atoms with E-state index in [-0.39, 0.29) is 0 Å². The summed E-state index contributed by atoms with van der Waals surface area (Å²) in [5.74, 6) is 1.80. The number of anilines is 2. The minimum atomic E-state index is 0.361. The summed E-state index contributed by atoms with van der Waals surface area (Å²) in [6.07, 6.45) is 9.00. The molecule has 0 radical (unpaired) electrons. The summed E-state index contributed by atoms with van der Waals surface area (Å²) >= 11 is 0. The van der Waals surface area contributed by atoms with Gasteiger partial charge >= 0.3 is 0 Å². The first-order valence-electron chi connectivity index (χ1n) is 9.13. The molecule has 1 fully saturated rings. The van der Waals surface area contributed by atoms with Gasteiger partial charge < -0.3 is 22.1 Å². The van der Waals surface area contributed by atoms with E-state index in [1.807, 2.05) is 24.5 Å². The summed E-state index contributed by atoms with van der Waals surface area (Å²) in [4.78, 5) is 8.84. The van der Waals surface area contributed by atoms with Crippen molar-refractivity contribution in [1.82, 2.24) is 9.97 Å². The molecule has 134 valence electrons. The first kappa shape index (κ1) is 17.6. The average Bonchev–Trinajstić information content (AvgIpc) is 2.64. The van der Waals surface area contributed by atoms with Crippen molar-refractivity contribution in [3.63, 3.8) is 0 Å². The van der Waals surface area contributed by atoms with Crippen LogP contribution in [0.4, 0.5) is 11.6 Å². The molecule has 0 aromatic carbocycles. The fourth-order valence-electron chi connectivity index (χ4n) is 3.19. The van der Waals surface area contributed by atoms with Gasteiger partial charge in [-0.3, -0.25) is 0 Å². The smallest absolute Gasteiger partial charge is 0.126 e. The molecule has 0 spiro atoms. The molecule has 0 aliphatic heterocycles. The van der Waals surface area contributed by atoms with Gasteiger partial charge in [-0.1, -0.05) is 0 Å². The van der Waals surface area contributed by atoms with E-state index >= 15 is 0 Å². The van der Waals surface area contributed by atoms with Crippen LogP contribution >= 0.6 is 0 Å². The van der Waals surface area contributed by atoms with Crippen molar-refractivity contribution in [3.8, 4) is 11.1 Å². The minimum Gasteiger partial charge on any atom is -0.370 e. The van der Waals surface area contributed by atoms with Crippen LogP contribution in [-0.4, -0.2) is 35.1 Å². The molecule has 25 heavy (non-hydrogen) atoms. The fourth-order valence-corrected chi connectivity index (χ4v) is 3.19. The Morgan fingerprint density at radius 1 is 0.960 bits per heavy atom. The molecule has 0 atom stereocenters.